The van der Waals surface area contributed by atoms with Crippen molar-refractivity contribution < 1.29 is 12.7 Å². The van der Waals surface area contributed by atoms with E-state index in [-0.39, 0.29) is 0 Å². The zero-order chi connectivity index (χ0) is 9.28. The molecule has 0 unspecified atom stereocenters. The fourth-order valence-electron chi connectivity index (χ4n) is 0.400. The van der Waals surface area contributed by atoms with Crippen molar-refractivity contribution in [3.05, 3.63) is 0 Å². The van der Waals surface area contributed by atoms with E-state index in [0.29, 0.717) is 28.5 Å². The van der Waals surface area contributed by atoms with Gasteiger partial charge in [-0.1, -0.05) is 0 Å². The second-order valence-corrected chi connectivity index (χ2v) is 9.50. The van der Waals surface area contributed by atoms with Crippen molar-refractivity contribution in [3.8, 4) is 0 Å². The van der Waals surface area contributed by atoms with Crippen molar-refractivity contribution in [2.45, 2.75) is 0 Å². The Labute approximate surface area is 87.7 Å². The van der Waals surface area contributed by atoms with Gasteiger partial charge in [0, 0.05) is 0 Å². The van der Waals surface area contributed by atoms with Gasteiger partial charge in [-0.2, -0.15) is 0 Å². The summed E-state index contributed by atoms with van der Waals surface area (Å²) in [6.07, 6.45) is 2.96. The van der Waals surface area contributed by atoms with Gasteiger partial charge in [-0.25, -0.2) is 0 Å². The first-order chi connectivity index (χ1) is 5.04. The van der Waals surface area contributed by atoms with Gasteiger partial charge in [0.15, 0.2) is 0 Å². The zero-order valence-electron chi connectivity index (χ0n) is 7.38. The van der Waals surface area contributed by atoms with Crippen LogP contribution in [0, 0.1) is 0 Å². The molecule has 0 bridgehead atoms. The van der Waals surface area contributed by atoms with E-state index < -0.39 is 0 Å². The molecule has 11 heavy (non-hydrogen) atoms. The van der Waals surface area contributed by atoms with Gasteiger partial charge in [0.25, 0.3) is 0 Å². The van der Waals surface area contributed by atoms with E-state index in [0.717, 1.165) is 0 Å². The van der Waals surface area contributed by atoms with Crippen molar-refractivity contribution in [2.75, 3.05) is 39.0 Å². The molecule has 0 rings (SSSR count). The Kier molecular flexibility index (Phi) is 16.7. The van der Waals surface area contributed by atoms with Crippen LogP contribution in [0.4, 0.5) is 0 Å². The number of hydrogen-bond donors (Lipinski definition) is 0. The van der Waals surface area contributed by atoms with Crippen LogP contribution in [0.3, 0.4) is 0 Å². The Morgan fingerprint density at radius 2 is 1.09 bits per heavy atom. The van der Waals surface area contributed by atoms with Crippen molar-refractivity contribution in [3.63, 3.8) is 0 Å². The molecule has 5 heteroatoms. The molecule has 74 valence electrons. The Balaban J connectivity index is 0. The number of rotatable bonds is 3. The van der Waals surface area contributed by atoms with Crippen LogP contribution in [0.5, 0.6) is 0 Å². The summed E-state index contributed by atoms with van der Waals surface area (Å²) < 4.78 is 0. The van der Waals surface area contributed by atoms with Gasteiger partial charge < -0.3 is 0 Å². The Morgan fingerprint density at radius 3 is 1.18 bits per heavy atom. The molecule has 0 nitrogen and oxygen atoms in total. The Hall–Kier alpha value is 1.93. The van der Waals surface area contributed by atoms with Crippen LogP contribution in [0.1, 0.15) is 0 Å². The van der Waals surface area contributed by atoms with Gasteiger partial charge >= 0.3 is 33.0 Å². The summed E-state index contributed by atoms with van der Waals surface area (Å²) in [6.45, 7) is 9.42. The van der Waals surface area contributed by atoms with Crippen LogP contribution in [0.25, 0.3) is 0 Å². The van der Waals surface area contributed by atoms with Crippen molar-refractivity contribution >= 4 is 36.2 Å². The summed E-state index contributed by atoms with van der Waals surface area (Å²) in [7, 11) is 10.2. The van der Waals surface area contributed by atoms with E-state index >= 15 is 0 Å². The van der Waals surface area contributed by atoms with E-state index in [1.807, 2.05) is 0 Å². The first kappa shape index (κ1) is 15.4. The predicted octanol–water partition coefficient (Wildman–Crippen LogP) is 3.85. The summed E-state index contributed by atoms with van der Waals surface area (Å²) >= 11 is 0.569. The van der Waals surface area contributed by atoms with Crippen molar-refractivity contribution in [1.82, 2.24) is 0 Å². The molecule has 0 saturated carbocycles. The van der Waals surface area contributed by atoms with Gasteiger partial charge in [0.05, 0.1) is 0 Å². The van der Waals surface area contributed by atoms with Gasteiger partial charge in [-0.15, -0.1) is 15.8 Å². The van der Waals surface area contributed by atoms with Crippen molar-refractivity contribution in [1.29, 1.82) is 0 Å². The van der Waals surface area contributed by atoms with Gasteiger partial charge in [-0.05, 0) is 39.0 Å². The van der Waals surface area contributed by atoms with E-state index in [4.69, 9.17) is 20.4 Å². The van der Waals surface area contributed by atoms with Crippen LogP contribution in [0.15, 0.2) is 0 Å². The molecule has 0 fully saturated rings. The van der Waals surface area contributed by atoms with E-state index in [2.05, 4.69) is 26.7 Å². The summed E-state index contributed by atoms with van der Waals surface area (Å²) in [5, 5.41) is 0. The molecule has 0 aromatic heterocycles. The molecule has 0 spiro atoms. The minimum atomic E-state index is 0.383. The average Bonchev–Trinajstić information content (AvgIpc) is 1.85. The van der Waals surface area contributed by atoms with Gasteiger partial charge in [0.1, 0.15) is 0 Å². The first-order valence-corrected chi connectivity index (χ1v) is 10.7. The summed E-state index contributed by atoms with van der Waals surface area (Å²) in [5.74, 6) is 0. The number of hydrogen-bond acceptors (Lipinski definition) is 0. The summed E-state index contributed by atoms with van der Waals surface area (Å²) in [5.41, 5.74) is 0. The third kappa shape index (κ3) is 24.5. The van der Waals surface area contributed by atoms with Crippen LogP contribution in [-0.2, 0) is 12.7 Å². The molecule has 0 N–H and O–H groups in total. The first-order valence-electron chi connectivity index (χ1n) is 3.16. The maximum absolute atomic E-state index is 4.70. The topological polar surface area (TPSA) is 0 Å². The van der Waals surface area contributed by atoms with Crippen LogP contribution < -0.4 is 0 Å². The van der Waals surface area contributed by atoms with E-state index in [1.54, 1.807) is 0 Å². The molecule has 0 aliphatic heterocycles. The maximum atomic E-state index is 4.70. The molecule has 0 radical (unpaired) electrons. The fraction of sp³-hybridized carbons (Fsp3) is 1.00. The summed E-state index contributed by atoms with van der Waals surface area (Å²) in [4.78, 5) is 0. The Morgan fingerprint density at radius 1 is 0.909 bits per heavy atom. The van der Waals surface area contributed by atoms with E-state index in [9.17, 15) is 0 Å². The second kappa shape index (κ2) is 11.9. The van der Waals surface area contributed by atoms with Crippen LogP contribution in [-0.4, -0.2) is 39.0 Å². The molecule has 0 aliphatic carbocycles. The third-order valence-electron chi connectivity index (χ3n) is 0.994. The van der Waals surface area contributed by atoms with Crippen molar-refractivity contribution in [2.24, 2.45) is 0 Å². The molecule has 0 aromatic rings. The normalized spacial score (nSPS) is 10.2. The summed E-state index contributed by atoms with van der Waals surface area (Å²) in [6, 6.07) is 0. The van der Waals surface area contributed by atoms with Gasteiger partial charge in [-0.3, -0.25) is 0 Å². The molecule has 0 saturated heterocycles. The minimum absolute atomic E-state index is 0.383. The second-order valence-electron chi connectivity index (χ2n) is 2.65. The molecule has 0 heterocycles. The van der Waals surface area contributed by atoms with E-state index in [1.165, 1.54) is 12.3 Å². The fourth-order valence-corrected chi connectivity index (χ4v) is 3.60. The van der Waals surface area contributed by atoms with Crippen LogP contribution in [0.2, 0.25) is 0 Å². The number of halogens is 2. The molecular formula is C6H16Cl2NiP2. The average molecular weight is 280 g/mol. The predicted molar refractivity (Wildman–Crippen MR) is 59.0 cm³/mol. The van der Waals surface area contributed by atoms with Gasteiger partial charge in [0.2, 0.25) is 0 Å². The third-order valence-corrected chi connectivity index (χ3v) is 3.58. The SMILES string of the molecule is CP(C)CCP(C)C.[Cl][Ni][Cl]. The standard InChI is InChI=1S/C6H16P2.2ClH.Ni/c1-7(2)5-6-8(3)4;;;/h5-6H2,1-4H3;2*1H;/q;;;+2/p-2. The molecule has 0 aliphatic rings. The Bertz CT molecular complexity index is 63.6. The molecule has 0 aromatic carbocycles. The quantitative estimate of drug-likeness (QED) is 0.544. The molecular weight excluding hydrogens is 264 g/mol. The zero-order valence-corrected chi connectivity index (χ0v) is 11.7. The molecule has 0 atom stereocenters. The molecule has 0 amide bonds. The monoisotopic (exact) mass is 278 g/mol. The van der Waals surface area contributed by atoms with Crippen LogP contribution >= 0.6 is 36.2 Å².